The predicted molar refractivity (Wildman–Crippen MR) is 121 cm³/mol. The molecule has 1 aromatic rings. The Hall–Kier alpha value is -1.78. The molecule has 0 bridgehead atoms. The minimum atomic E-state index is -0.496. The van der Waals surface area contributed by atoms with E-state index in [9.17, 15) is 4.79 Å². The number of pyridine rings is 1. The van der Waals surface area contributed by atoms with Gasteiger partial charge < -0.3 is 25.6 Å². The van der Waals surface area contributed by atoms with Gasteiger partial charge in [0, 0.05) is 39.9 Å². The number of anilines is 1. The Labute approximate surface area is 179 Å². The van der Waals surface area contributed by atoms with Crippen molar-refractivity contribution >= 4 is 41.8 Å². The van der Waals surface area contributed by atoms with Crippen molar-refractivity contribution in [1.29, 1.82) is 0 Å². The van der Waals surface area contributed by atoms with Crippen molar-refractivity contribution in [2.24, 2.45) is 4.99 Å². The molecule has 0 fully saturated rings. The van der Waals surface area contributed by atoms with Gasteiger partial charge in [0.2, 0.25) is 0 Å². The van der Waals surface area contributed by atoms with E-state index < -0.39 is 11.7 Å². The summed E-state index contributed by atoms with van der Waals surface area (Å²) in [6.45, 7) is 9.80. The lowest BCUT2D eigenvalue weighted by Crippen LogP contribution is -2.42. The van der Waals surface area contributed by atoms with E-state index in [0.717, 1.165) is 17.9 Å². The predicted octanol–water partition coefficient (Wildman–Crippen LogP) is 2.35. The third-order valence-corrected chi connectivity index (χ3v) is 3.12. The van der Waals surface area contributed by atoms with E-state index in [4.69, 9.17) is 4.74 Å². The van der Waals surface area contributed by atoms with Crippen molar-refractivity contribution in [1.82, 2.24) is 20.9 Å². The van der Waals surface area contributed by atoms with Gasteiger partial charge in [-0.05, 0) is 45.4 Å². The molecule has 0 aliphatic rings. The number of halogens is 1. The fourth-order valence-corrected chi connectivity index (χ4v) is 1.98. The summed E-state index contributed by atoms with van der Waals surface area (Å²) in [5.74, 6) is 1.60. The first-order chi connectivity index (χ1) is 12.2. The molecule has 154 valence electrons. The highest BCUT2D eigenvalue weighted by Gasteiger charge is 2.15. The zero-order valence-electron chi connectivity index (χ0n) is 17.1. The number of aromatic nitrogens is 1. The second-order valence-electron chi connectivity index (χ2n) is 6.97. The van der Waals surface area contributed by atoms with Crippen molar-refractivity contribution < 1.29 is 9.53 Å². The quantitative estimate of drug-likeness (QED) is 0.234. The third kappa shape index (κ3) is 11.5. The van der Waals surface area contributed by atoms with Crippen molar-refractivity contribution in [2.45, 2.75) is 39.8 Å². The molecule has 27 heavy (non-hydrogen) atoms. The number of carbonyl (C=O) groups excluding carboxylic acids is 1. The van der Waals surface area contributed by atoms with Crippen LogP contribution in [0.5, 0.6) is 0 Å². The number of nitrogens with one attached hydrogen (secondary N) is 3. The van der Waals surface area contributed by atoms with E-state index >= 15 is 0 Å². The zero-order chi connectivity index (χ0) is 19.6. The van der Waals surface area contributed by atoms with E-state index in [1.54, 1.807) is 6.20 Å². The van der Waals surface area contributed by atoms with E-state index in [0.29, 0.717) is 25.6 Å². The molecule has 0 saturated heterocycles. The first-order valence-corrected chi connectivity index (χ1v) is 8.82. The summed E-state index contributed by atoms with van der Waals surface area (Å²) < 4.78 is 5.19. The van der Waals surface area contributed by atoms with Crippen molar-refractivity contribution in [3.05, 3.63) is 23.9 Å². The third-order valence-electron chi connectivity index (χ3n) is 3.12. The fraction of sp³-hybridized carbons (Fsp3) is 0.611. The van der Waals surface area contributed by atoms with Crippen LogP contribution in [0, 0.1) is 0 Å². The molecule has 0 spiro atoms. The zero-order valence-corrected chi connectivity index (χ0v) is 19.5. The Bertz CT molecular complexity index is 602. The van der Waals surface area contributed by atoms with Gasteiger partial charge >= 0.3 is 6.09 Å². The van der Waals surface area contributed by atoms with Crippen LogP contribution in [0.3, 0.4) is 0 Å². The molecule has 9 heteroatoms. The van der Waals surface area contributed by atoms with Crippen LogP contribution in [-0.2, 0) is 11.3 Å². The molecule has 0 aliphatic heterocycles. The minimum Gasteiger partial charge on any atom is -0.444 e. The van der Waals surface area contributed by atoms with Gasteiger partial charge in [0.15, 0.2) is 5.96 Å². The SMILES string of the molecule is CCNC(=NCc1ccnc(N(C)C)c1)NCCNC(=O)OC(C)(C)C.I. The smallest absolute Gasteiger partial charge is 0.407 e. The number of carbonyl (C=O) groups is 1. The average molecular weight is 492 g/mol. The Morgan fingerprint density at radius 1 is 1.22 bits per heavy atom. The molecule has 0 aliphatic carbocycles. The Balaban J connectivity index is 0.00000676. The lowest BCUT2D eigenvalue weighted by molar-refractivity contribution is 0.0529. The van der Waals surface area contributed by atoms with Crippen molar-refractivity contribution in [2.75, 3.05) is 38.6 Å². The Kier molecular flexibility index (Phi) is 11.7. The number of alkyl carbamates (subject to hydrolysis) is 1. The van der Waals surface area contributed by atoms with E-state index in [2.05, 4.69) is 25.9 Å². The second kappa shape index (κ2) is 12.6. The summed E-state index contributed by atoms with van der Waals surface area (Å²) >= 11 is 0. The Morgan fingerprint density at radius 2 is 1.89 bits per heavy atom. The minimum absolute atomic E-state index is 0. The monoisotopic (exact) mass is 492 g/mol. The van der Waals surface area contributed by atoms with Crippen LogP contribution in [-0.4, -0.2) is 56.4 Å². The number of amides is 1. The molecule has 1 amide bonds. The fourth-order valence-electron chi connectivity index (χ4n) is 1.98. The molecule has 0 radical (unpaired) electrons. The van der Waals surface area contributed by atoms with Gasteiger partial charge in [0.1, 0.15) is 11.4 Å². The van der Waals surface area contributed by atoms with Gasteiger partial charge in [-0.25, -0.2) is 14.8 Å². The van der Waals surface area contributed by atoms with Crippen LogP contribution >= 0.6 is 24.0 Å². The molecule has 3 N–H and O–H groups in total. The number of rotatable bonds is 7. The molecule has 0 atom stereocenters. The van der Waals surface area contributed by atoms with Gasteiger partial charge in [-0.1, -0.05) is 0 Å². The number of nitrogens with zero attached hydrogens (tertiary/aromatic N) is 3. The van der Waals surface area contributed by atoms with Crippen molar-refractivity contribution in [3.63, 3.8) is 0 Å². The van der Waals surface area contributed by atoms with Crippen LogP contribution in [0.2, 0.25) is 0 Å². The molecule has 8 nitrogen and oxygen atoms in total. The molecule has 1 rings (SSSR count). The van der Waals surface area contributed by atoms with Gasteiger partial charge in [0.05, 0.1) is 6.54 Å². The highest BCUT2D eigenvalue weighted by Crippen LogP contribution is 2.10. The van der Waals surface area contributed by atoms with Crippen LogP contribution in [0.15, 0.2) is 23.3 Å². The summed E-state index contributed by atoms with van der Waals surface area (Å²) in [6.07, 6.45) is 1.36. The second-order valence-corrected chi connectivity index (χ2v) is 6.97. The van der Waals surface area contributed by atoms with Gasteiger partial charge in [-0.15, -0.1) is 24.0 Å². The van der Waals surface area contributed by atoms with Gasteiger partial charge in [-0.2, -0.15) is 0 Å². The topological polar surface area (TPSA) is 90.9 Å². The summed E-state index contributed by atoms with van der Waals surface area (Å²) in [7, 11) is 3.91. The normalized spacial score (nSPS) is 11.3. The molecule has 0 unspecified atom stereocenters. The van der Waals surface area contributed by atoms with Crippen LogP contribution < -0.4 is 20.9 Å². The van der Waals surface area contributed by atoms with Crippen molar-refractivity contribution in [3.8, 4) is 0 Å². The first-order valence-electron chi connectivity index (χ1n) is 8.82. The molecular weight excluding hydrogens is 459 g/mol. The lowest BCUT2D eigenvalue weighted by Gasteiger charge is -2.20. The van der Waals surface area contributed by atoms with E-state index in [1.165, 1.54) is 0 Å². The highest BCUT2D eigenvalue weighted by atomic mass is 127. The van der Waals surface area contributed by atoms with E-state index in [-0.39, 0.29) is 24.0 Å². The van der Waals surface area contributed by atoms with Gasteiger partial charge in [-0.3, -0.25) is 0 Å². The van der Waals surface area contributed by atoms with Crippen LogP contribution in [0.25, 0.3) is 0 Å². The largest absolute Gasteiger partial charge is 0.444 e. The maximum Gasteiger partial charge on any atom is 0.407 e. The molecule has 1 heterocycles. The van der Waals surface area contributed by atoms with Gasteiger partial charge in [0.25, 0.3) is 0 Å². The standard InChI is InChI=1S/C18H32N6O2.HI/c1-7-19-16(21-10-11-22-17(25)26-18(2,3)4)23-13-14-8-9-20-15(12-14)24(5)6;/h8-9,12H,7,10-11,13H2,1-6H3,(H,22,25)(H2,19,21,23);1H. The molecule has 0 saturated carbocycles. The first kappa shape index (κ1) is 25.2. The summed E-state index contributed by atoms with van der Waals surface area (Å²) in [5.41, 5.74) is 0.580. The van der Waals surface area contributed by atoms with Crippen LogP contribution in [0.1, 0.15) is 33.3 Å². The lowest BCUT2D eigenvalue weighted by atomic mass is 10.2. The number of aliphatic imine (C=N–C) groups is 1. The maximum absolute atomic E-state index is 11.6. The van der Waals surface area contributed by atoms with E-state index in [1.807, 2.05) is 58.8 Å². The number of guanidine groups is 1. The molecular formula is C18H33IN6O2. The highest BCUT2D eigenvalue weighted by molar-refractivity contribution is 14.0. The average Bonchev–Trinajstić information content (AvgIpc) is 2.55. The molecule has 1 aromatic heterocycles. The number of hydrogen-bond donors (Lipinski definition) is 3. The summed E-state index contributed by atoms with van der Waals surface area (Å²) in [4.78, 5) is 22.4. The van der Waals surface area contributed by atoms with Crippen LogP contribution in [0.4, 0.5) is 10.6 Å². The maximum atomic E-state index is 11.6. The number of ether oxygens (including phenoxy) is 1. The molecule has 0 aromatic carbocycles. The summed E-state index contributed by atoms with van der Waals surface area (Å²) in [5, 5.41) is 9.08. The summed E-state index contributed by atoms with van der Waals surface area (Å²) in [6, 6.07) is 3.96. The Morgan fingerprint density at radius 3 is 2.48 bits per heavy atom. The number of hydrogen-bond acceptors (Lipinski definition) is 5.